The van der Waals surface area contributed by atoms with Crippen LogP contribution in [0.15, 0.2) is 35.5 Å². The highest BCUT2D eigenvalue weighted by molar-refractivity contribution is 5.14. The molecule has 0 heteroatoms. The lowest BCUT2D eigenvalue weighted by Crippen LogP contribution is -2.21. The topological polar surface area (TPSA) is 0 Å². The van der Waals surface area contributed by atoms with Crippen molar-refractivity contribution < 1.29 is 0 Å². The second-order valence-corrected chi connectivity index (χ2v) is 6.14. The Morgan fingerprint density at radius 1 is 1.00 bits per heavy atom. The highest BCUT2D eigenvalue weighted by Gasteiger charge is 2.25. The van der Waals surface area contributed by atoms with Crippen LogP contribution in [0.4, 0.5) is 0 Å². The minimum absolute atomic E-state index is 0.250. The molecule has 0 fully saturated rings. The molecule has 0 N–H and O–H groups in total. The van der Waals surface area contributed by atoms with Crippen LogP contribution in [0.5, 0.6) is 0 Å². The van der Waals surface area contributed by atoms with E-state index in [1.165, 1.54) is 16.7 Å². The zero-order valence-electron chi connectivity index (χ0n) is 12.1. The Labute approximate surface area is 102 Å². The predicted molar refractivity (Wildman–Crippen MR) is 75.6 cm³/mol. The van der Waals surface area contributed by atoms with Gasteiger partial charge in [0.05, 0.1) is 0 Å². The van der Waals surface area contributed by atoms with Gasteiger partial charge in [0, 0.05) is 5.92 Å². The molecule has 16 heavy (non-hydrogen) atoms. The first-order valence-corrected chi connectivity index (χ1v) is 6.09. The maximum Gasteiger partial charge on any atom is 0.000576 e. The number of hydrogen-bond acceptors (Lipinski definition) is 0. The lowest BCUT2D eigenvalue weighted by Gasteiger charge is -2.31. The Hall–Kier alpha value is -0.780. The molecule has 0 radical (unpaired) electrons. The third-order valence-corrected chi connectivity index (χ3v) is 2.69. The summed E-state index contributed by atoms with van der Waals surface area (Å²) in [5.74, 6) is 0.499. The summed E-state index contributed by atoms with van der Waals surface area (Å²) in [7, 11) is 0. The van der Waals surface area contributed by atoms with Gasteiger partial charge in [-0.2, -0.15) is 0 Å². The summed E-state index contributed by atoms with van der Waals surface area (Å²) in [5.41, 5.74) is 4.29. The van der Waals surface area contributed by atoms with Crippen LogP contribution in [-0.4, -0.2) is 0 Å². The van der Waals surface area contributed by atoms with Gasteiger partial charge >= 0.3 is 0 Å². The van der Waals surface area contributed by atoms with Gasteiger partial charge in [-0.1, -0.05) is 42.7 Å². The molecule has 0 atom stereocenters. The molecule has 0 amide bonds. The van der Waals surface area contributed by atoms with Gasteiger partial charge in [0.1, 0.15) is 0 Å². The summed E-state index contributed by atoms with van der Waals surface area (Å²) in [6.45, 7) is 19.5. The highest BCUT2D eigenvalue weighted by atomic mass is 14.3. The lowest BCUT2D eigenvalue weighted by molar-refractivity contribution is 0.298. The summed E-state index contributed by atoms with van der Waals surface area (Å²) in [6, 6.07) is 0. The molecule has 0 aromatic carbocycles. The lowest BCUT2D eigenvalue weighted by atomic mass is 9.73. The quantitative estimate of drug-likeness (QED) is 0.535. The van der Waals surface area contributed by atoms with Gasteiger partial charge in [-0.3, -0.25) is 0 Å². The zero-order chi connectivity index (χ0) is 12.9. The molecule has 0 rings (SSSR count). The molecule has 0 unspecified atom stereocenters. The van der Waals surface area contributed by atoms with E-state index in [9.17, 15) is 0 Å². The molecular weight excluding hydrogens is 192 g/mol. The van der Waals surface area contributed by atoms with Crippen molar-refractivity contribution in [3.63, 3.8) is 0 Å². The fourth-order valence-electron chi connectivity index (χ4n) is 2.11. The second-order valence-electron chi connectivity index (χ2n) is 6.14. The largest absolute Gasteiger partial charge is 0.100 e. The van der Waals surface area contributed by atoms with Gasteiger partial charge in [0.25, 0.3) is 0 Å². The van der Waals surface area contributed by atoms with E-state index in [1.54, 1.807) is 0 Å². The maximum absolute atomic E-state index is 4.04. The zero-order valence-corrected chi connectivity index (χ0v) is 12.1. The number of allylic oxidation sites excluding steroid dienone is 5. The molecule has 0 bridgehead atoms. The van der Waals surface area contributed by atoms with Crippen molar-refractivity contribution in [2.24, 2.45) is 11.3 Å². The average molecular weight is 220 g/mol. The molecule has 0 saturated carbocycles. The Morgan fingerprint density at radius 3 is 1.62 bits per heavy atom. The van der Waals surface area contributed by atoms with E-state index in [2.05, 4.69) is 67.2 Å². The molecule has 0 spiro atoms. The van der Waals surface area contributed by atoms with Crippen molar-refractivity contribution in [3.05, 3.63) is 35.5 Å². The third kappa shape index (κ3) is 5.95. The van der Waals surface area contributed by atoms with Gasteiger partial charge < -0.3 is 0 Å². The summed E-state index contributed by atoms with van der Waals surface area (Å²) in [6.07, 6.45) is 5.82. The van der Waals surface area contributed by atoms with Crippen LogP contribution < -0.4 is 0 Å². The standard InChI is InChI=1S/C16H28/c1-12(2)9-15(10-13(3)4)16(7,8)11-14(5)6/h9-10,15H,5,11H2,1-4,6-8H3. The van der Waals surface area contributed by atoms with Crippen molar-refractivity contribution in [1.82, 2.24) is 0 Å². The summed E-state index contributed by atoms with van der Waals surface area (Å²) in [4.78, 5) is 0. The highest BCUT2D eigenvalue weighted by Crippen LogP contribution is 2.36. The number of hydrogen-bond donors (Lipinski definition) is 0. The van der Waals surface area contributed by atoms with Crippen molar-refractivity contribution in [3.8, 4) is 0 Å². The molecule has 0 aliphatic rings. The van der Waals surface area contributed by atoms with Gasteiger partial charge in [-0.05, 0) is 46.5 Å². The van der Waals surface area contributed by atoms with Crippen LogP contribution in [0, 0.1) is 11.3 Å². The van der Waals surface area contributed by atoms with Gasteiger partial charge in [-0.15, -0.1) is 6.58 Å². The molecule has 0 aliphatic carbocycles. The fraction of sp³-hybridized carbons (Fsp3) is 0.625. The molecule has 0 aromatic rings. The van der Waals surface area contributed by atoms with Crippen LogP contribution in [0.1, 0.15) is 54.9 Å². The minimum Gasteiger partial charge on any atom is -0.100 e. The molecule has 0 aromatic heterocycles. The van der Waals surface area contributed by atoms with E-state index in [-0.39, 0.29) is 5.41 Å². The molecule has 0 saturated heterocycles. The second kappa shape index (κ2) is 6.08. The molecule has 92 valence electrons. The van der Waals surface area contributed by atoms with E-state index >= 15 is 0 Å². The smallest absolute Gasteiger partial charge is 0.000576 e. The van der Waals surface area contributed by atoms with Crippen molar-refractivity contribution >= 4 is 0 Å². The van der Waals surface area contributed by atoms with Crippen molar-refractivity contribution in [1.29, 1.82) is 0 Å². The maximum atomic E-state index is 4.04. The van der Waals surface area contributed by atoms with Crippen LogP contribution in [0.3, 0.4) is 0 Å². The van der Waals surface area contributed by atoms with Crippen LogP contribution in [0.25, 0.3) is 0 Å². The monoisotopic (exact) mass is 220 g/mol. The van der Waals surface area contributed by atoms with E-state index in [1.807, 2.05) is 0 Å². The van der Waals surface area contributed by atoms with E-state index in [0.717, 1.165) is 6.42 Å². The third-order valence-electron chi connectivity index (χ3n) is 2.69. The Morgan fingerprint density at radius 2 is 1.38 bits per heavy atom. The van der Waals surface area contributed by atoms with E-state index in [0.29, 0.717) is 5.92 Å². The first-order valence-electron chi connectivity index (χ1n) is 6.09. The molecule has 0 aliphatic heterocycles. The Kier molecular flexibility index (Phi) is 5.78. The molecule has 0 heterocycles. The molecular formula is C16H28. The van der Waals surface area contributed by atoms with E-state index < -0.39 is 0 Å². The van der Waals surface area contributed by atoms with Gasteiger partial charge in [-0.25, -0.2) is 0 Å². The van der Waals surface area contributed by atoms with Crippen LogP contribution in [0.2, 0.25) is 0 Å². The summed E-state index contributed by atoms with van der Waals surface area (Å²) < 4.78 is 0. The summed E-state index contributed by atoms with van der Waals surface area (Å²) in [5, 5.41) is 0. The minimum atomic E-state index is 0.250. The SMILES string of the molecule is C=C(C)CC(C)(C)C(C=C(C)C)C=C(C)C. The predicted octanol–water partition coefficient (Wildman–Crippen LogP) is 5.53. The van der Waals surface area contributed by atoms with Crippen molar-refractivity contribution in [2.45, 2.75) is 54.9 Å². The Balaban J connectivity index is 5.09. The fourth-order valence-corrected chi connectivity index (χ4v) is 2.11. The van der Waals surface area contributed by atoms with E-state index in [4.69, 9.17) is 0 Å². The van der Waals surface area contributed by atoms with Gasteiger partial charge in [0.15, 0.2) is 0 Å². The van der Waals surface area contributed by atoms with Crippen LogP contribution >= 0.6 is 0 Å². The van der Waals surface area contributed by atoms with Gasteiger partial charge in [0.2, 0.25) is 0 Å². The van der Waals surface area contributed by atoms with Crippen molar-refractivity contribution in [2.75, 3.05) is 0 Å². The first kappa shape index (κ1) is 15.2. The first-order chi connectivity index (χ1) is 7.15. The average Bonchev–Trinajstić information content (AvgIpc) is 1.98. The number of rotatable bonds is 5. The summed E-state index contributed by atoms with van der Waals surface area (Å²) >= 11 is 0. The normalized spacial score (nSPS) is 11.2. The Bertz CT molecular complexity index is 274. The molecule has 0 nitrogen and oxygen atoms in total. The van der Waals surface area contributed by atoms with Crippen LogP contribution in [-0.2, 0) is 0 Å².